The molecule has 1 heterocycles. The average Bonchev–Trinajstić information content (AvgIpc) is 2.63. The third-order valence-corrected chi connectivity index (χ3v) is 2.03. The molecule has 82 valence electrons. The fraction of sp³-hybridized carbons (Fsp3) is 0.500. The van der Waals surface area contributed by atoms with Gasteiger partial charge in [0.1, 0.15) is 12.2 Å². The van der Waals surface area contributed by atoms with Crippen LogP contribution in [0.25, 0.3) is 0 Å². The molecule has 0 aromatic carbocycles. The highest BCUT2D eigenvalue weighted by Crippen LogP contribution is 2.01. The minimum atomic E-state index is -1.05. The monoisotopic (exact) mass is 210 g/mol. The second kappa shape index (κ2) is 5.95. The first kappa shape index (κ1) is 11.4. The zero-order chi connectivity index (χ0) is 11.1. The van der Waals surface area contributed by atoms with Crippen molar-refractivity contribution >= 4 is 11.8 Å². The summed E-state index contributed by atoms with van der Waals surface area (Å²) in [4.78, 5) is 25.1. The van der Waals surface area contributed by atoms with Gasteiger partial charge in [0.15, 0.2) is 0 Å². The van der Waals surface area contributed by atoms with Gasteiger partial charge in [-0.2, -0.15) is 0 Å². The Balaban J connectivity index is 2.06. The van der Waals surface area contributed by atoms with E-state index in [0.29, 0.717) is 6.42 Å². The van der Waals surface area contributed by atoms with Gasteiger partial charge in [0, 0.05) is 25.4 Å². The Morgan fingerprint density at radius 3 is 2.73 bits per heavy atom. The van der Waals surface area contributed by atoms with Crippen molar-refractivity contribution in [2.75, 3.05) is 0 Å². The van der Waals surface area contributed by atoms with E-state index in [0.717, 1.165) is 19.4 Å². The average molecular weight is 210 g/mol. The van der Waals surface area contributed by atoms with Gasteiger partial charge in [-0.25, -0.2) is 4.98 Å². The van der Waals surface area contributed by atoms with E-state index >= 15 is 0 Å². The van der Waals surface area contributed by atoms with E-state index in [1.807, 2.05) is 10.8 Å². The number of aromatic nitrogens is 2. The van der Waals surface area contributed by atoms with Crippen LogP contribution in [0.1, 0.15) is 25.7 Å². The summed E-state index contributed by atoms with van der Waals surface area (Å²) < 4.78 is 1.93. The molecule has 0 spiro atoms. The molecule has 15 heavy (non-hydrogen) atoms. The summed E-state index contributed by atoms with van der Waals surface area (Å²) in [5.74, 6) is -1.25. The second-order valence-corrected chi connectivity index (χ2v) is 3.37. The van der Waals surface area contributed by atoms with E-state index in [1.54, 1.807) is 12.5 Å². The molecular formula is C10H14N2O3. The lowest BCUT2D eigenvalue weighted by atomic mass is 10.1. The molecule has 0 atom stereocenters. The van der Waals surface area contributed by atoms with Crippen molar-refractivity contribution in [1.29, 1.82) is 0 Å². The van der Waals surface area contributed by atoms with Crippen LogP contribution in [0.3, 0.4) is 0 Å². The highest BCUT2D eigenvalue weighted by molar-refractivity contribution is 5.94. The van der Waals surface area contributed by atoms with E-state index in [2.05, 4.69) is 4.98 Å². The van der Waals surface area contributed by atoms with Gasteiger partial charge in [-0.1, -0.05) is 0 Å². The van der Waals surface area contributed by atoms with E-state index in [4.69, 9.17) is 5.11 Å². The van der Waals surface area contributed by atoms with Crippen LogP contribution in [0, 0.1) is 0 Å². The molecule has 1 aromatic heterocycles. The van der Waals surface area contributed by atoms with Gasteiger partial charge >= 0.3 is 5.97 Å². The van der Waals surface area contributed by atoms with Crippen LogP contribution < -0.4 is 0 Å². The Bertz CT molecular complexity index is 319. The first-order valence-electron chi connectivity index (χ1n) is 4.87. The van der Waals surface area contributed by atoms with Gasteiger partial charge < -0.3 is 9.67 Å². The molecule has 0 aliphatic heterocycles. The minimum Gasteiger partial charge on any atom is -0.481 e. The van der Waals surface area contributed by atoms with Crippen LogP contribution in [0.4, 0.5) is 0 Å². The standard InChI is InChI=1S/C10H14N2O3/c13-9(7-10(14)15)3-1-2-5-12-6-4-11-8-12/h4,6,8H,1-3,5,7H2,(H,14,15). The number of Topliss-reactive ketones (excluding diaryl/α,β-unsaturated/α-hetero) is 1. The predicted octanol–water partition coefficient (Wildman–Crippen LogP) is 1.10. The first-order chi connectivity index (χ1) is 7.18. The first-order valence-corrected chi connectivity index (χ1v) is 4.87. The molecule has 0 unspecified atom stereocenters. The quantitative estimate of drug-likeness (QED) is 0.540. The van der Waals surface area contributed by atoms with E-state index in [1.165, 1.54) is 0 Å². The van der Waals surface area contributed by atoms with Crippen LogP contribution >= 0.6 is 0 Å². The topological polar surface area (TPSA) is 72.2 Å². The van der Waals surface area contributed by atoms with Crippen molar-refractivity contribution in [3.05, 3.63) is 18.7 Å². The molecule has 1 N–H and O–H groups in total. The lowest BCUT2D eigenvalue weighted by Gasteiger charge is -2.00. The number of hydrogen-bond donors (Lipinski definition) is 1. The number of hydrogen-bond acceptors (Lipinski definition) is 3. The molecule has 0 saturated heterocycles. The summed E-state index contributed by atoms with van der Waals surface area (Å²) in [7, 11) is 0. The zero-order valence-electron chi connectivity index (χ0n) is 8.43. The molecule has 0 radical (unpaired) electrons. The van der Waals surface area contributed by atoms with Gasteiger partial charge in [-0.15, -0.1) is 0 Å². The molecule has 0 fully saturated rings. The molecule has 0 aliphatic carbocycles. The van der Waals surface area contributed by atoms with E-state index < -0.39 is 5.97 Å². The molecule has 5 heteroatoms. The minimum absolute atomic E-state index is 0.201. The summed E-state index contributed by atoms with van der Waals surface area (Å²) >= 11 is 0. The molecule has 1 aromatic rings. The van der Waals surface area contributed by atoms with Crippen LogP contribution in [-0.2, 0) is 16.1 Å². The van der Waals surface area contributed by atoms with E-state index in [9.17, 15) is 9.59 Å². The van der Waals surface area contributed by atoms with Crippen LogP contribution in [0.15, 0.2) is 18.7 Å². The smallest absolute Gasteiger partial charge is 0.310 e. The van der Waals surface area contributed by atoms with Gasteiger partial charge in [-0.05, 0) is 12.8 Å². The number of carbonyl (C=O) groups is 2. The number of ketones is 1. The van der Waals surface area contributed by atoms with Crippen molar-refractivity contribution in [3.8, 4) is 0 Å². The molecule has 0 aliphatic rings. The summed E-state index contributed by atoms with van der Waals surface area (Å²) in [6.45, 7) is 0.820. The molecule has 0 amide bonds. The number of aryl methyl sites for hydroxylation is 1. The van der Waals surface area contributed by atoms with Crippen molar-refractivity contribution in [3.63, 3.8) is 0 Å². The number of carboxylic acid groups (broad SMARTS) is 1. The second-order valence-electron chi connectivity index (χ2n) is 3.37. The van der Waals surface area contributed by atoms with Crippen molar-refractivity contribution in [1.82, 2.24) is 9.55 Å². The number of carbonyl (C=O) groups excluding carboxylic acids is 1. The fourth-order valence-electron chi connectivity index (χ4n) is 1.29. The number of carboxylic acids is 1. The predicted molar refractivity (Wildman–Crippen MR) is 53.3 cm³/mol. The lowest BCUT2D eigenvalue weighted by Crippen LogP contribution is -2.06. The Morgan fingerprint density at radius 2 is 2.13 bits per heavy atom. The van der Waals surface area contributed by atoms with Gasteiger partial charge in [-0.3, -0.25) is 9.59 Å². The van der Waals surface area contributed by atoms with Crippen LogP contribution in [-0.4, -0.2) is 26.4 Å². The number of nitrogens with zero attached hydrogens (tertiary/aromatic N) is 2. The molecule has 0 bridgehead atoms. The maximum Gasteiger partial charge on any atom is 0.310 e. The largest absolute Gasteiger partial charge is 0.481 e. The molecule has 5 nitrogen and oxygen atoms in total. The SMILES string of the molecule is O=C(O)CC(=O)CCCCn1ccnc1. The van der Waals surface area contributed by atoms with Crippen molar-refractivity contribution in [2.45, 2.75) is 32.2 Å². The maximum atomic E-state index is 11.0. The van der Waals surface area contributed by atoms with Crippen LogP contribution in [0.2, 0.25) is 0 Å². The third kappa shape index (κ3) is 4.95. The Labute approximate surface area is 87.7 Å². The number of rotatable bonds is 7. The van der Waals surface area contributed by atoms with Crippen molar-refractivity contribution in [2.24, 2.45) is 0 Å². The number of imidazole rings is 1. The molecule has 1 rings (SSSR count). The van der Waals surface area contributed by atoms with Gasteiger partial charge in [0.2, 0.25) is 0 Å². The Morgan fingerprint density at radius 1 is 1.33 bits per heavy atom. The maximum absolute atomic E-state index is 11.0. The fourth-order valence-corrected chi connectivity index (χ4v) is 1.29. The molecule has 0 saturated carbocycles. The Hall–Kier alpha value is -1.65. The van der Waals surface area contributed by atoms with Crippen molar-refractivity contribution < 1.29 is 14.7 Å². The highest BCUT2D eigenvalue weighted by Gasteiger charge is 2.06. The lowest BCUT2D eigenvalue weighted by molar-refractivity contribution is -0.140. The summed E-state index contributed by atoms with van der Waals surface area (Å²) in [6.07, 6.45) is 6.87. The van der Waals surface area contributed by atoms with Gasteiger partial charge in [0.05, 0.1) is 6.33 Å². The number of unbranched alkanes of at least 4 members (excludes halogenated alkanes) is 1. The summed E-state index contributed by atoms with van der Waals surface area (Å²) in [5, 5.41) is 8.36. The van der Waals surface area contributed by atoms with Crippen LogP contribution in [0.5, 0.6) is 0 Å². The van der Waals surface area contributed by atoms with Gasteiger partial charge in [0.25, 0.3) is 0 Å². The third-order valence-electron chi connectivity index (χ3n) is 2.03. The molecular weight excluding hydrogens is 196 g/mol. The zero-order valence-corrected chi connectivity index (χ0v) is 8.43. The van der Waals surface area contributed by atoms with E-state index in [-0.39, 0.29) is 12.2 Å². The Kier molecular flexibility index (Phi) is 4.53. The number of aliphatic carboxylic acids is 1. The normalized spacial score (nSPS) is 10.1. The highest BCUT2D eigenvalue weighted by atomic mass is 16.4. The summed E-state index contributed by atoms with van der Waals surface area (Å²) in [6, 6.07) is 0. The summed E-state index contributed by atoms with van der Waals surface area (Å²) in [5.41, 5.74) is 0.